The minimum absolute atomic E-state index is 0.269. The van der Waals surface area contributed by atoms with E-state index in [1.54, 1.807) is 6.92 Å². The predicted octanol–water partition coefficient (Wildman–Crippen LogP) is -0.210. The number of thiol groups is 1. The van der Waals surface area contributed by atoms with Crippen LogP contribution in [0.3, 0.4) is 0 Å². The fourth-order valence-electron chi connectivity index (χ4n) is 0. The van der Waals surface area contributed by atoms with Gasteiger partial charge in [0.2, 0.25) is 5.12 Å². The maximum absolute atomic E-state index is 9.88. The lowest BCUT2D eigenvalue weighted by Gasteiger charge is -1.90. The summed E-state index contributed by atoms with van der Waals surface area (Å²) in [6.07, 6.45) is 0. The topological polar surface area (TPSA) is 43.1 Å². The van der Waals surface area contributed by atoms with E-state index >= 15 is 0 Å². The van der Waals surface area contributed by atoms with Crippen molar-refractivity contribution in [2.24, 2.45) is 5.73 Å². The van der Waals surface area contributed by atoms with Gasteiger partial charge in [-0.05, 0) is 6.92 Å². The van der Waals surface area contributed by atoms with Crippen LogP contribution >= 0.6 is 12.6 Å². The summed E-state index contributed by atoms with van der Waals surface area (Å²) < 4.78 is 0. The quantitative estimate of drug-likeness (QED) is 0.453. The molecule has 0 aliphatic heterocycles. The summed E-state index contributed by atoms with van der Waals surface area (Å²) in [5, 5.41) is -0.269. The molecule has 3 heteroatoms. The van der Waals surface area contributed by atoms with Crippen molar-refractivity contribution >= 4 is 17.7 Å². The normalized spacial score (nSPS) is 13.8. The molecule has 36 valence electrons. The first-order valence-electron chi connectivity index (χ1n) is 1.63. The monoisotopic (exact) mass is 105 g/mol. The lowest BCUT2D eigenvalue weighted by molar-refractivity contribution is -0.111. The van der Waals surface area contributed by atoms with Gasteiger partial charge in [-0.2, -0.15) is 0 Å². The van der Waals surface area contributed by atoms with E-state index in [4.69, 9.17) is 5.73 Å². The Hall–Kier alpha value is -0.0200. The number of hydrogen-bond acceptors (Lipinski definition) is 2. The van der Waals surface area contributed by atoms with Crippen LogP contribution in [0, 0.1) is 0 Å². The van der Waals surface area contributed by atoms with Crippen LogP contribution in [0.25, 0.3) is 0 Å². The Morgan fingerprint density at radius 1 is 2.00 bits per heavy atom. The zero-order chi connectivity index (χ0) is 5.15. The van der Waals surface area contributed by atoms with Crippen molar-refractivity contribution in [2.75, 3.05) is 0 Å². The fourth-order valence-corrected chi connectivity index (χ4v) is 0. The predicted molar refractivity (Wildman–Crippen MR) is 27.6 cm³/mol. The SMILES string of the molecule is CC(N)C(=O)S. The van der Waals surface area contributed by atoms with E-state index in [0.29, 0.717) is 0 Å². The second-order valence-electron chi connectivity index (χ2n) is 1.13. The first kappa shape index (κ1) is 5.98. The molecule has 0 aliphatic carbocycles. The molecule has 2 nitrogen and oxygen atoms in total. The van der Waals surface area contributed by atoms with Crippen LogP contribution in [0.2, 0.25) is 0 Å². The second kappa shape index (κ2) is 2.21. The third-order valence-electron chi connectivity index (χ3n) is 0.390. The van der Waals surface area contributed by atoms with Gasteiger partial charge in [0.25, 0.3) is 0 Å². The minimum Gasteiger partial charge on any atom is -0.321 e. The molecule has 0 fully saturated rings. The van der Waals surface area contributed by atoms with Crippen molar-refractivity contribution in [1.29, 1.82) is 0 Å². The van der Waals surface area contributed by atoms with E-state index in [9.17, 15) is 4.79 Å². The molecule has 0 heterocycles. The molecule has 0 aromatic rings. The summed E-state index contributed by atoms with van der Waals surface area (Å²) in [4.78, 5) is 9.88. The van der Waals surface area contributed by atoms with Crippen LogP contribution in [-0.2, 0) is 4.79 Å². The zero-order valence-electron chi connectivity index (χ0n) is 3.51. The van der Waals surface area contributed by atoms with E-state index in [-0.39, 0.29) is 5.12 Å². The number of hydrogen-bond donors (Lipinski definition) is 2. The maximum Gasteiger partial charge on any atom is 0.202 e. The lowest BCUT2D eigenvalue weighted by atomic mass is 10.4. The highest BCUT2D eigenvalue weighted by molar-refractivity contribution is 7.96. The Balaban J connectivity index is 3.26. The molecule has 0 amide bonds. The van der Waals surface area contributed by atoms with Gasteiger partial charge in [0, 0.05) is 0 Å². The van der Waals surface area contributed by atoms with Crippen LogP contribution in [0.1, 0.15) is 6.92 Å². The highest BCUT2D eigenvalue weighted by Crippen LogP contribution is 1.80. The lowest BCUT2D eigenvalue weighted by Crippen LogP contribution is -2.21. The van der Waals surface area contributed by atoms with E-state index in [2.05, 4.69) is 12.6 Å². The van der Waals surface area contributed by atoms with E-state index in [1.807, 2.05) is 0 Å². The summed E-state index contributed by atoms with van der Waals surface area (Å²) in [6, 6.07) is -0.423. The van der Waals surface area contributed by atoms with E-state index in [0.717, 1.165) is 0 Å². The molecule has 0 aromatic heterocycles. The summed E-state index contributed by atoms with van der Waals surface area (Å²) in [7, 11) is 0. The van der Waals surface area contributed by atoms with Crippen LogP contribution < -0.4 is 5.73 Å². The molecule has 0 aliphatic rings. The van der Waals surface area contributed by atoms with Gasteiger partial charge in [0.15, 0.2) is 0 Å². The largest absolute Gasteiger partial charge is 0.321 e. The molecule has 1 unspecified atom stereocenters. The van der Waals surface area contributed by atoms with Crippen molar-refractivity contribution in [3.63, 3.8) is 0 Å². The van der Waals surface area contributed by atoms with Gasteiger partial charge < -0.3 is 5.73 Å². The average Bonchev–Trinajstić information content (AvgIpc) is 1.36. The molecule has 0 saturated carbocycles. The zero-order valence-corrected chi connectivity index (χ0v) is 4.40. The molecular weight excluding hydrogens is 98.1 g/mol. The number of carbonyl (C=O) groups excluding carboxylic acids is 1. The average molecular weight is 105 g/mol. The standard InChI is InChI=1S/C3H7NOS/c1-2(4)3(5)6/h2H,4H2,1H3,(H,5,6). The molecule has 0 rings (SSSR count). The minimum atomic E-state index is -0.423. The van der Waals surface area contributed by atoms with Gasteiger partial charge >= 0.3 is 0 Å². The highest BCUT2D eigenvalue weighted by Gasteiger charge is 1.96. The van der Waals surface area contributed by atoms with Crippen molar-refractivity contribution in [2.45, 2.75) is 13.0 Å². The molecule has 0 bridgehead atoms. The smallest absolute Gasteiger partial charge is 0.202 e. The number of rotatable bonds is 1. The number of carbonyl (C=O) groups is 1. The summed E-state index contributed by atoms with van der Waals surface area (Å²) in [6.45, 7) is 1.59. The first-order valence-corrected chi connectivity index (χ1v) is 2.07. The molecule has 0 radical (unpaired) electrons. The second-order valence-corrected chi connectivity index (χ2v) is 1.57. The van der Waals surface area contributed by atoms with Gasteiger partial charge in [-0.1, -0.05) is 0 Å². The first-order chi connectivity index (χ1) is 2.64. The molecule has 1 atom stereocenters. The molecule has 0 aromatic carbocycles. The van der Waals surface area contributed by atoms with E-state index in [1.165, 1.54) is 0 Å². The Labute approximate surface area is 42.1 Å². The van der Waals surface area contributed by atoms with Crippen molar-refractivity contribution in [3.05, 3.63) is 0 Å². The molecule has 6 heavy (non-hydrogen) atoms. The third-order valence-corrected chi connectivity index (χ3v) is 0.797. The third kappa shape index (κ3) is 2.23. The van der Waals surface area contributed by atoms with Crippen LogP contribution in [0.15, 0.2) is 0 Å². The van der Waals surface area contributed by atoms with Gasteiger partial charge in [-0.15, -0.1) is 12.6 Å². The molecule has 2 N–H and O–H groups in total. The number of nitrogens with two attached hydrogens (primary N) is 1. The van der Waals surface area contributed by atoms with Crippen LogP contribution in [0.4, 0.5) is 0 Å². The van der Waals surface area contributed by atoms with Crippen LogP contribution in [0.5, 0.6) is 0 Å². The van der Waals surface area contributed by atoms with Gasteiger partial charge in [-0.3, -0.25) is 4.79 Å². The van der Waals surface area contributed by atoms with Gasteiger partial charge in [0.05, 0.1) is 6.04 Å². The Morgan fingerprint density at radius 3 is 2.17 bits per heavy atom. The summed E-state index contributed by atoms with van der Waals surface area (Å²) in [5.74, 6) is 0. The van der Waals surface area contributed by atoms with Crippen LogP contribution in [-0.4, -0.2) is 11.2 Å². The summed E-state index contributed by atoms with van der Waals surface area (Å²) in [5.41, 5.74) is 5.01. The van der Waals surface area contributed by atoms with E-state index < -0.39 is 6.04 Å². The highest BCUT2D eigenvalue weighted by atomic mass is 32.1. The van der Waals surface area contributed by atoms with Crippen molar-refractivity contribution in [1.82, 2.24) is 0 Å². The molecule has 0 saturated heterocycles. The van der Waals surface area contributed by atoms with Crippen molar-refractivity contribution in [3.8, 4) is 0 Å². The Bertz CT molecular complexity index is 61.8. The van der Waals surface area contributed by atoms with Gasteiger partial charge in [0.1, 0.15) is 0 Å². The Kier molecular flexibility index (Phi) is 2.20. The van der Waals surface area contributed by atoms with Gasteiger partial charge in [-0.25, -0.2) is 0 Å². The molecular formula is C3H7NOS. The maximum atomic E-state index is 9.88. The fraction of sp³-hybridized carbons (Fsp3) is 0.667. The Morgan fingerprint density at radius 2 is 2.17 bits per heavy atom. The summed E-state index contributed by atoms with van der Waals surface area (Å²) >= 11 is 3.43. The van der Waals surface area contributed by atoms with Crippen molar-refractivity contribution < 1.29 is 4.79 Å². The molecule has 0 spiro atoms.